The Labute approximate surface area is 98.1 Å². The van der Waals surface area contributed by atoms with Crippen LogP contribution in [0.1, 0.15) is 11.1 Å². The topological polar surface area (TPSA) is 67.6 Å². The molecule has 5 heteroatoms. The molecule has 0 unspecified atom stereocenters. The molecule has 2 rings (SSSR count). The number of imidazole rings is 1. The number of nitrogens with two attached hydrogens (primary N) is 1. The molecule has 2 N–H and O–H groups in total. The standard InChI is InChI=1S/C12H11FN4/c1-7-11(13)8(4-14)3-9(12(7)15)10-5-16-6-17(10)2/h3,5-6H,15H2,1-2H3. The minimum atomic E-state index is -0.559. The normalized spacial score (nSPS) is 10.2. The lowest BCUT2D eigenvalue weighted by molar-refractivity contribution is 0.615. The van der Waals surface area contributed by atoms with Gasteiger partial charge in [-0.2, -0.15) is 5.26 Å². The zero-order valence-corrected chi connectivity index (χ0v) is 9.53. The Morgan fingerprint density at radius 2 is 2.24 bits per heavy atom. The van der Waals surface area contributed by atoms with Gasteiger partial charge in [0.05, 0.1) is 23.8 Å². The largest absolute Gasteiger partial charge is 0.398 e. The number of hydrogen-bond acceptors (Lipinski definition) is 3. The van der Waals surface area contributed by atoms with Gasteiger partial charge in [-0.05, 0) is 13.0 Å². The van der Waals surface area contributed by atoms with E-state index >= 15 is 0 Å². The van der Waals surface area contributed by atoms with E-state index in [4.69, 9.17) is 11.0 Å². The maximum Gasteiger partial charge on any atom is 0.145 e. The summed E-state index contributed by atoms with van der Waals surface area (Å²) in [7, 11) is 1.81. The van der Waals surface area contributed by atoms with Gasteiger partial charge in [0.15, 0.2) is 0 Å². The second kappa shape index (κ2) is 3.91. The first kappa shape index (κ1) is 11.1. The number of nitrogens with zero attached hydrogens (tertiary/aromatic N) is 3. The van der Waals surface area contributed by atoms with Gasteiger partial charge in [-0.15, -0.1) is 0 Å². The van der Waals surface area contributed by atoms with Gasteiger partial charge in [-0.1, -0.05) is 0 Å². The Morgan fingerprint density at radius 1 is 1.53 bits per heavy atom. The third-order valence-electron chi connectivity index (χ3n) is 2.76. The zero-order chi connectivity index (χ0) is 12.6. The van der Waals surface area contributed by atoms with Gasteiger partial charge in [0.2, 0.25) is 0 Å². The average Bonchev–Trinajstić information content (AvgIpc) is 2.73. The fourth-order valence-electron chi connectivity index (χ4n) is 1.72. The van der Waals surface area contributed by atoms with Crippen LogP contribution in [0.25, 0.3) is 11.3 Å². The molecule has 4 nitrogen and oxygen atoms in total. The number of rotatable bonds is 1. The molecule has 86 valence electrons. The molecule has 0 aliphatic carbocycles. The van der Waals surface area contributed by atoms with Gasteiger partial charge in [-0.3, -0.25) is 0 Å². The van der Waals surface area contributed by atoms with E-state index in [0.29, 0.717) is 16.8 Å². The number of nitriles is 1. The molecule has 1 heterocycles. The van der Waals surface area contributed by atoms with Crippen molar-refractivity contribution in [3.63, 3.8) is 0 Å². The maximum absolute atomic E-state index is 13.7. The summed E-state index contributed by atoms with van der Waals surface area (Å²) in [6.45, 7) is 1.56. The van der Waals surface area contributed by atoms with Gasteiger partial charge in [0, 0.05) is 23.9 Å². The molecule has 0 atom stereocenters. The van der Waals surface area contributed by atoms with Crippen LogP contribution in [0.5, 0.6) is 0 Å². The number of aryl methyl sites for hydroxylation is 1. The highest BCUT2D eigenvalue weighted by Crippen LogP contribution is 2.31. The molecule has 0 aliphatic heterocycles. The lowest BCUT2D eigenvalue weighted by atomic mass is 10.0. The van der Waals surface area contributed by atoms with E-state index in [9.17, 15) is 4.39 Å². The van der Waals surface area contributed by atoms with Crippen molar-refractivity contribution in [2.24, 2.45) is 7.05 Å². The Bertz CT molecular complexity index is 622. The maximum atomic E-state index is 13.7. The lowest BCUT2D eigenvalue weighted by Gasteiger charge is -2.11. The van der Waals surface area contributed by atoms with Gasteiger partial charge in [0.25, 0.3) is 0 Å². The Hall–Kier alpha value is -2.35. The second-order valence-corrected chi connectivity index (χ2v) is 3.83. The van der Waals surface area contributed by atoms with E-state index in [1.165, 1.54) is 6.07 Å². The molecular weight excluding hydrogens is 219 g/mol. The van der Waals surface area contributed by atoms with Crippen LogP contribution < -0.4 is 5.73 Å². The number of anilines is 1. The average molecular weight is 230 g/mol. The van der Waals surface area contributed by atoms with E-state index in [-0.39, 0.29) is 5.56 Å². The van der Waals surface area contributed by atoms with E-state index < -0.39 is 5.82 Å². The van der Waals surface area contributed by atoms with Crippen LogP contribution in [0.4, 0.5) is 10.1 Å². The highest BCUT2D eigenvalue weighted by molar-refractivity contribution is 5.78. The summed E-state index contributed by atoms with van der Waals surface area (Å²) in [6.07, 6.45) is 3.25. The van der Waals surface area contributed by atoms with Gasteiger partial charge >= 0.3 is 0 Å². The van der Waals surface area contributed by atoms with Gasteiger partial charge in [0.1, 0.15) is 11.9 Å². The summed E-state index contributed by atoms with van der Waals surface area (Å²) in [5.41, 5.74) is 7.88. The number of benzene rings is 1. The first-order valence-electron chi connectivity index (χ1n) is 5.01. The van der Waals surface area contributed by atoms with Crippen molar-refractivity contribution in [3.8, 4) is 17.3 Å². The fourth-order valence-corrected chi connectivity index (χ4v) is 1.72. The molecule has 0 spiro atoms. The van der Waals surface area contributed by atoms with Gasteiger partial charge < -0.3 is 10.3 Å². The quantitative estimate of drug-likeness (QED) is 0.762. The van der Waals surface area contributed by atoms with Crippen molar-refractivity contribution in [1.29, 1.82) is 5.26 Å². The van der Waals surface area contributed by atoms with E-state index in [1.54, 1.807) is 24.0 Å². The summed E-state index contributed by atoms with van der Waals surface area (Å²) >= 11 is 0. The molecule has 1 aromatic carbocycles. The van der Waals surface area contributed by atoms with Crippen molar-refractivity contribution in [2.75, 3.05) is 5.73 Å². The van der Waals surface area contributed by atoms with Crippen LogP contribution in [-0.4, -0.2) is 9.55 Å². The molecule has 0 radical (unpaired) electrons. The number of aromatic nitrogens is 2. The minimum absolute atomic E-state index is 0.00657. The van der Waals surface area contributed by atoms with Crippen LogP contribution in [0.15, 0.2) is 18.6 Å². The number of nitrogen functional groups attached to an aromatic ring is 1. The SMILES string of the molecule is Cc1c(N)c(-c2cncn2C)cc(C#N)c1F. The van der Waals surface area contributed by atoms with Crippen molar-refractivity contribution in [3.05, 3.63) is 35.5 Å². The Kier molecular flexibility index (Phi) is 2.56. The predicted molar refractivity (Wildman–Crippen MR) is 62.5 cm³/mol. The highest BCUT2D eigenvalue weighted by atomic mass is 19.1. The van der Waals surface area contributed by atoms with E-state index in [0.717, 1.165) is 5.69 Å². The molecule has 0 bridgehead atoms. The Morgan fingerprint density at radius 3 is 2.76 bits per heavy atom. The summed E-state index contributed by atoms with van der Waals surface area (Å²) in [5, 5.41) is 8.87. The van der Waals surface area contributed by atoms with Crippen molar-refractivity contribution < 1.29 is 4.39 Å². The Balaban J connectivity index is 2.77. The molecule has 0 saturated carbocycles. The smallest absolute Gasteiger partial charge is 0.145 e. The van der Waals surface area contributed by atoms with Crippen LogP contribution in [-0.2, 0) is 7.05 Å². The van der Waals surface area contributed by atoms with Crippen LogP contribution in [0.3, 0.4) is 0 Å². The monoisotopic (exact) mass is 230 g/mol. The van der Waals surface area contributed by atoms with Gasteiger partial charge in [-0.25, -0.2) is 9.37 Å². The first-order chi connectivity index (χ1) is 8.06. The molecule has 0 aliphatic rings. The highest BCUT2D eigenvalue weighted by Gasteiger charge is 2.15. The molecule has 0 fully saturated rings. The first-order valence-corrected chi connectivity index (χ1v) is 5.01. The van der Waals surface area contributed by atoms with Crippen molar-refractivity contribution in [2.45, 2.75) is 6.92 Å². The number of halogens is 1. The van der Waals surface area contributed by atoms with Crippen molar-refractivity contribution >= 4 is 5.69 Å². The van der Waals surface area contributed by atoms with Crippen LogP contribution in [0.2, 0.25) is 0 Å². The fraction of sp³-hybridized carbons (Fsp3) is 0.167. The molecular formula is C12H11FN4. The molecule has 1 aromatic heterocycles. The molecule has 0 saturated heterocycles. The minimum Gasteiger partial charge on any atom is -0.398 e. The molecule has 2 aromatic rings. The zero-order valence-electron chi connectivity index (χ0n) is 9.53. The summed E-state index contributed by atoms with van der Waals surface area (Å²) in [5.74, 6) is -0.559. The lowest BCUT2D eigenvalue weighted by Crippen LogP contribution is -2.01. The second-order valence-electron chi connectivity index (χ2n) is 3.83. The number of hydrogen-bond donors (Lipinski definition) is 1. The summed E-state index contributed by atoms with van der Waals surface area (Å²) < 4.78 is 15.4. The summed E-state index contributed by atoms with van der Waals surface area (Å²) in [4.78, 5) is 3.98. The third-order valence-corrected chi connectivity index (χ3v) is 2.76. The van der Waals surface area contributed by atoms with Crippen LogP contribution in [0, 0.1) is 24.1 Å². The van der Waals surface area contributed by atoms with Crippen molar-refractivity contribution in [1.82, 2.24) is 9.55 Å². The predicted octanol–water partition coefficient (Wildman–Crippen LogP) is 1.99. The van der Waals surface area contributed by atoms with Crippen LogP contribution >= 0.6 is 0 Å². The summed E-state index contributed by atoms with van der Waals surface area (Å²) in [6, 6.07) is 3.28. The third kappa shape index (κ3) is 1.64. The van der Waals surface area contributed by atoms with E-state index in [1.807, 2.05) is 13.1 Å². The molecule has 0 amide bonds. The van der Waals surface area contributed by atoms with E-state index in [2.05, 4.69) is 4.98 Å². The molecule has 17 heavy (non-hydrogen) atoms.